The number of carbonyl (C=O) groups excluding carboxylic acids is 2. The Balaban J connectivity index is 2.03. The van der Waals surface area contributed by atoms with E-state index in [-0.39, 0.29) is 5.56 Å². The summed E-state index contributed by atoms with van der Waals surface area (Å²) in [5.74, 6) is 0.0996. The number of benzene rings is 1. The number of thiophene rings is 1. The summed E-state index contributed by atoms with van der Waals surface area (Å²) in [6, 6.07) is 8.28. The zero-order valence-corrected chi connectivity index (χ0v) is 17.0. The summed E-state index contributed by atoms with van der Waals surface area (Å²) in [5, 5.41) is 13.7. The lowest BCUT2D eigenvalue weighted by molar-refractivity contribution is -0.123. The minimum Gasteiger partial charge on any atom is -0.493 e. The molecule has 0 fully saturated rings. The van der Waals surface area contributed by atoms with Crippen LogP contribution in [0.25, 0.3) is 0 Å². The minimum absolute atomic E-state index is 0.238. The molecule has 0 bridgehead atoms. The van der Waals surface area contributed by atoms with Crippen LogP contribution in [0.15, 0.2) is 29.6 Å². The van der Waals surface area contributed by atoms with Gasteiger partial charge in [0.2, 0.25) is 0 Å². The minimum atomic E-state index is -1.04. The lowest BCUT2D eigenvalue weighted by Crippen LogP contribution is -2.29. The Kier molecular flexibility index (Phi) is 7.41. The van der Waals surface area contributed by atoms with E-state index in [1.807, 2.05) is 19.9 Å². The Hall–Kier alpha value is -3.05. The molecule has 1 heterocycles. The molecule has 2 aromatic rings. The summed E-state index contributed by atoms with van der Waals surface area (Å²) in [7, 11) is 1.48. The number of hydrogen-bond acceptors (Lipinski definition) is 7. The fraction of sp³-hybridized carbons (Fsp3) is 0.350. The van der Waals surface area contributed by atoms with Crippen LogP contribution in [0, 0.1) is 17.2 Å². The molecule has 0 saturated carbocycles. The van der Waals surface area contributed by atoms with Gasteiger partial charge in [-0.15, -0.1) is 11.3 Å². The number of nitriles is 1. The van der Waals surface area contributed by atoms with E-state index in [1.54, 1.807) is 23.6 Å². The van der Waals surface area contributed by atoms with Crippen LogP contribution in [0.5, 0.6) is 11.5 Å². The molecule has 0 aliphatic rings. The fourth-order valence-electron chi connectivity index (χ4n) is 2.16. The molecule has 1 amide bonds. The second kappa shape index (κ2) is 9.76. The van der Waals surface area contributed by atoms with Gasteiger partial charge < -0.3 is 19.5 Å². The molecule has 8 heteroatoms. The van der Waals surface area contributed by atoms with Crippen molar-refractivity contribution >= 4 is 28.2 Å². The van der Waals surface area contributed by atoms with Gasteiger partial charge in [0.15, 0.2) is 17.6 Å². The normalized spacial score (nSPS) is 11.4. The lowest BCUT2D eigenvalue weighted by atomic mass is 10.2. The van der Waals surface area contributed by atoms with Gasteiger partial charge in [0.05, 0.1) is 24.8 Å². The first-order chi connectivity index (χ1) is 13.3. The molecule has 0 unspecified atom stereocenters. The Bertz CT molecular complexity index is 885. The topological polar surface area (TPSA) is 97.6 Å². The predicted molar refractivity (Wildman–Crippen MR) is 106 cm³/mol. The van der Waals surface area contributed by atoms with Gasteiger partial charge in [-0.05, 0) is 42.5 Å². The standard InChI is InChI=1S/C20H22N2O5S/c1-12(2)11-26-16-6-5-14(9-17(16)25-4)20(24)27-13(3)18(23)22-19-15(10-21)7-8-28-19/h5-9,12-13H,11H2,1-4H3,(H,22,23)/t13-/m1/s1. The molecule has 0 aliphatic heterocycles. The largest absolute Gasteiger partial charge is 0.493 e. The molecule has 0 saturated heterocycles. The molecule has 148 valence electrons. The van der Waals surface area contributed by atoms with Crippen molar-refractivity contribution < 1.29 is 23.8 Å². The number of rotatable bonds is 8. The van der Waals surface area contributed by atoms with E-state index in [4.69, 9.17) is 19.5 Å². The molecule has 28 heavy (non-hydrogen) atoms. The van der Waals surface area contributed by atoms with Crippen molar-refractivity contribution in [3.63, 3.8) is 0 Å². The quantitative estimate of drug-likeness (QED) is 0.674. The molecule has 1 aromatic carbocycles. The van der Waals surface area contributed by atoms with Crippen LogP contribution in [-0.4, -0.2) is 31.7 Å². The highest BCUT2D eigenvalue weighted by Crippen LogP contribution is 2.29. The lowest BCUT2D eigenvalue weighted by Gasteiger charge is -2.15. The molecule has 1 N–H and O–H groups in total. The first-order valence-corrected chi connectivity index (χ1v) is 9.54. The fourth-order valence-corrected chi connectivity index (χ4v) is 2.90. The van der Waals surface area contributed by atoms with Crippen LogP contribution in [0.4, 0.5) is 5.00 Å². The van der Waals surface area contributed by atoms with E-state index in [9.17, 15) is 9.59 Å². The maximum atomic E-state index is 12.4. The summed E-state index contributed by atoms with van der Waals surface area (Å²) in [5.41, 5.74) is 0.598. The highest BCUT2D eigenvalue weighted by Gasteiger charge is 2.21. The molecule has 1 aromatic heterocycles. The van der Waals surface area contributed by atoms with Crippen LogP contribution >= 0.6 is 11.3 Å². The van der Waals surface area contributed by atoms with Crippen molar-refractivity contribution in [1.29, 1.82) is 5.26 Å². The molecular weight excluding hydrogens is 380 g/mol. The summed E-state index contributed by atoms with van der Waals surface area (Å²) < 4.78 is 16.2. The van der Waals surface area contributed by atoms with Gasteiger partial charge in [0, 0.05) is 0 Å². The third-order valence-corrected chi connectivity index (χ3v) is 4.48. The monoisotopic (exact) mass is 402 g/mol. The first kappa shape index (κ1) is 21.3. The van der Waals surface area contributed by atoms with E-state index in [0.717, 1.165) is 0 Å². The number of amides is 1. The summed E-state index contributed by atoms with van der Waals surface area (Å²) in [6.07, 6.45) is -1.04. The van der Waals surface area contributed by atoms with Crippen molar-refractivity contribution in [2.75, 3.05) is 19.0 Å². The smallest absolute Gasteiger partial charge is 0.339 e. The Morgan fingerprint density at radius 3 is 2.61 bits per heavy atom. The predicted octanol–water partition coefficient (Wildman–Crippen LogP) is 3.85. The third-order valence-electron chi connectivity index (χ3n) is 3.65. The third kappa shape index (κ3) is 5.47. The first-order valence-electron chi connectivity index (χ1n) is 8.66. The number of hydrogen-bond donors (Lipinski definition) is 1. The Labute approximate surface area is 167 Å². The molecule has 1 atom stereocenters. The van der Waals surface area contributed by atoms with Gasteiger partial charge >= 0.3 is 5.97 Å². The van der Waals surface area contributed by atoms with Crippen LogP contribution < -0.4 is 14.8 Å². The number of nitrogens with one attached hydrogen (secondary N) is 1. The van der Waals surface area contributed by atoms with Crippen LogP contribution in [-0.2, 0) is 9.53 Å². The summed E-state index contributed by atoms with van der Waals surface area (Å²) in [4.78, 5) is 24.6. The van der Waals surface area contributed by atoms with Crippen molar-refractivity contribution in [2.45, 2.75) is 26.9 Å². The Morgan fingerprint density at radius 1 is 1.21 bits per heavy atom. The average molecular weight is 402 g/mol. The highest BCUT2D eigenvalue weighted by atomic mass is 32.1. The van der Waals surface area contributed by atoms with Gasteiger partial charge in [-0.1, -0.05) is 13.8 Å². The van der Waals surface area contributed by atoms with Crippen LogP contribution in [0.3, 0.4) is 0 Å². The maximum Gasteiger partial charge on any atom is 0.339 e. The number of methoxy groups -OCH3 is 1. The number of anilines is 1. The molecular formula is C20H22N2O5S. The van der Waals surface area contributed by atoms with Gasteiger partial charge in [0.1, 0.15) is 11.1 Å². The number of nitrogens with zero attached hydrogens (tertiary/aromatic N) is 1. The van der Waals surface area contributed by atoms with Gasteiger partial charge in [-0.25, -0.2) is 4.79 Å². The maximum absolute atomic E-state index is 12.4. The molecule has 0 spiro atoms. The number of carbonyl (C=O) groups is 2. The van der Waals surface area contributed by atoms with Gasteiger partial charge in [0.25, 0.3) is 5.91 Å². The van der Waals surface area contributed by atoms with E-state index in [1.165, 1.54) is 31.4 Å². The molecule has 7 nitrogen and oxygen atoms in total. The van der Waals surface area contributed by atoms with Crippen molar-refractivity contribution in [3.8, 4) is 17.6 Å². The van der Waals surface area contributed by atoms with E-state index < -0.39 is 18.0 Å². The van der Waals surface area contributed by atoms with E-state index >= 15 is 0 Å². The Morgan fingerprint density at radius 2 is 1.96 bits per heavy atom. The summed E-state index contributed by atoms with van der Waals surface area (Å²) in [6.45, 7) is 6.04. The number of esters is 1. The zero-order chi connectivity index (χ0) is 20.7. The molecule has 0 radical (unpaired) electrons. The van der Waals surface area contributed by atoms with Crippen LogP contribution in [0.2, 0.25) is 0 Å². The van der Waals surface area contributed by atoms with Crippen molar-refractivity contribution in [1.82, 2.24) is 0 Å². The molecule has 2 rings (SSSR count). The van der Waals surface area contributed by atoms with E-state index in [2.05, 4.69) is 5.32 Å². The second-order valence-electron chi connectivity index (χ2n) is 6.38. The highest BCUT2D eigenvalue weighted by molar-refractivity contribution is 7.14. The van der Waals surface area contributed by atoms with Crippen molar-refractivity contribution in [2.24, 2.45) is 5.92 Å². The number of ether oxygens (including phenoxy) is 3. The van der Waals surface area contributed by atoms with E-state index in [0.29, 0.717) is 34.6 Å². The van der Waals surface area contributed by atoms with Gasteiger partial charge in [-0.2, -0.15) is 5.26 Å². The molecule has 0 aliphatic carbocycles. The zero-order valence-electron chi connectivity index (χ0n) is 16.1. The van der Waals surface area contributed by atoms with Crippen molar-refractivity contribution in [3.05, 3.63) is 40.8 Å². The van der Waals surface area contributed by atoms with Gasteiger partial charge in [-0.3, -0.25) is 4.79 Å². The summed E-state index contributed by atoms with van der Waals surface area (Å²) >= 11 is 1.22. The second-order valence-corrected chi connectivity index (χ2v) is 7.30. The average Bonchev–Trinajstić information content (AvgIpc) is 3.12. The van der Waals surface area contributed by atoms with Crippen LogP contribution in [0.1, 0.15) is 36.7 Å². The SMILES string of the molecule is COc1cc(C(=O)O[C@H](C)C(=O)Nc2sccc2C#N)ccc1OCC(C)C.